The molecule has 0 heterocycles. The molecule has 0 saturated carbocycles. The zero-order valence-electron chi connectivity index (χ0n) is 10.8. The third-order valence-corrected chi connectivity index (χ3v) is 3.68. The molecule has 1 N–H and O–H groups in total. The van der Waals surface area contributed by atoms with Gasteiger partial charge in [-0.2, -0.15) is 0 Å². The lowest BCUT2D eigenvalue weighted by Crippen LogP contribution is -1.98. The van der Waals surface area contributed by atoms with Gasteiger partial charge in [0.05, 0.1) is 5.71 Å². The molecule has 20 heavy (non-hydrogen) atoms. The molecule has 2 rings (SSSR count). The minimum atomic E-state index is 0.401. The van der Waals surface area contributed by atoms with Crippen LogP contribution in [0.15, 0.2) is 52.1 Å². The van der Waals surface area contributed by atoms with Crippen LogP contribution in [0.4, 0.5) is 0 Å². The molecule has 5 heteroatoms. The Kier molecular flexibility index (Phi) is 5.04. The molecule has 0 saturated heterocycles. The van der Waals surface area contributed by atoms with Crippen molar-refractivity contribution in [2.45, 2.75) is 13.5 Å². The maximum absolute atomic E-state index is 8.70. The molecule has 2 aromatic carbocycles. The van der Waals surface area contributed by atoms with Crippen LogP contribution in [0, 0.1) is 0 Å². The molecular formula is C15H13BrClNO2. The molecule has 0 aliphatic carbocycles. The van der Waals surface area contributed by atoms with Crippen LogP contribution < -0.4 is 4.74 Å². The summed E-state index contributed by atoms with van der Waals surface area (Å²) in [4.78, 5) is 0. The van der Waals surface area contributed by atoms with Crippen molar-refractivity contribution in [3.63, 3.8) is 0 Å². The molecule has 0 atom stereocenters. The smallest absolute Gasteiger partial charge is 0.119 e. The van der Waals surface area contributed by atoms with Crippen LogP contribution in [0.1, 0.15) is 18.1 Å². The van der Waals surface area contributed by atoms with Gasteiger partial charge in [-0.05, 0) is 48.9 Å². The van der Waals surface area contributed by atoms with Gasteiger partial charge in [-0.15, -0.1) is 0 Å². The van der Waals surface area contributed by atoms with E-state index in [2.05, 4.69) is 21.1 Å². The largest absolute Gasteiger partial charge is 0.489 e. The van der Waals surface area contributed by atoms with Crippen molar-refractivity contribution in [3.05, 3.63) is 63.1 Å². The van der Waals surface area contributed by atoms with E-state index in [1.54, 1.807) is 6.92 Å². The van der Waals surface area contributed by atoms with E-state index < -0.39 is 0 Å². The maximum Gasteiger partial charge on any atom is 0.119 e. The summed E-state index contributed by atoms with van der Waals surface area (Å²) in [5.41, 5.74) is 2.33. The summed E-state index contributed by atoms with van der Waals surface area (Å²) in [6, 6.07) is 13.0. The number of rotatable bonds is 4. The Balaban J connectivity index is 2.04. The first kappa shape index (κ1) is 14.9. The quantitative estimate of drug-likeness (QED) is 0.483. The highest BCUT2D eigenvalue weighted by molar-refractivity contribution is 9.10. The average Bonchev–Trinajstić information content (AvgIpc) is 2.46. The first-order valence-electron chi connectivity index (χ1n) is 5.96. The van der Waals surface area contributed by atoms with Crippen LogP contribution in [-0.4, -0.2) is 10.9 Å². The van der Waals surface area contributed by atoms with Gasteiger partial charge in [0.1, 0.15) is 12.4 Å². The Labute approximate surface area is 131 Å². The van der Waals surface area contributed by atoms with Gasteiger partial charge in [0.2, 0.25) is 0 Å². The first-order valence-corrected chi connectivity index (χ1v) is 7.13. The molecule has 0 aliphatic heterocycles. The third kappa shape index (κ3) is 3.74. The number of hydrogen-bond donors (Lipinski definition) is 1. The number of ether oxygens (including phenoxy) is 1. The maximum atomic E-state index is 8.70. The summed E-state index contributed by atoms with van der Waals surface area (Å²) in [6.07, 6.45) is 0. The molecule has 0 spiro atoms. The van der Waals surface area contributed by atoms with Gasteiger partial charge in [0.15, 0.2) is 0 Å². The van der Waals surface area contributed by atoms with Crippen LogP contribution in [-0.2, 0) is 6.61 Å². The fourth-order valence-corrected chi connectivity index (χ4v) is 2.38. The van der Waals surface area contributed by atoms with E-state index in [1.165, 1.54) is 0 Å². The molecule has 104 valence electrons. The summed E-state index contributed by atoms with van der Waals surface area (Å²) >= 11 is 9.49. The topological polar surface area (TPSA) is 41.8 Å². The predicted molar refractivity (Wildman–Crippen MR) is 83.9 cm³/mol. The van der Waals surface area contributed by atoms with Gasteiger partial charge in [-0.3, -0.25) is 0 Å². The van der Waals surface area contributed by atoms with Gasteiger partial charge in [-0.1, -0.05) is 38.8 Å². The van der Waals surface area contributed by atoms with Crippen molar-refractivity contribution in [3.8, 4) is 5.75 Å². The molecule has 0 aliphatic rings. The summed E-state index contributed by atoms with van der Waals surface area (Å²) in [5, 5.41) is 12.5. The standard InChI is InChI=1S/C15H13BrClNO2/c1-10(18-19)11-3-6-14(7-4-11)20-9-12-2-5-13(16)8-15(12)17/h2-8,19H,9H2,1H3/b18-10-. The first-order chi connectivity index (χ1) is 9.60. The fraction of sp³-hybridized carbons (Fsp3) is 0.133. The summed E-state index contributed by atoms with van der Waals surface area (Å²) in [6.45, 7) is 2.13. The number of halogens is 2. The molecule has 0 amide bonds. The third-order valence-electron chi connectivity index (χ3n) is 2.83. The highest BCUT2D eigenvalue weighted by atomic mass is 79.9. The van der Waals surface area contributed by atoms with Crippen LogP contribution in [0.5, 0.6) is 5.75 Å². The Bertz CT molecular complexity index is 626. The number of nitrogens with zero attached hydrogens (tertiary/aromatic N) is 1. The highest BCUT2D eigenvalue weighted by Gasteiger charge is 2.03. The molecule has 2 aromatic rings. The van der Waals surface area contributed by atoms with Crippen LogP contribution >= 0.6 is 27.5 Å². The normalized spacial score (nSPS) is 11.4. The second-order valence-corrected chi connectivity index (χ2v) is 5.56. The van der Waals surface area contributed by atoms with E-state index in [0.29, 0.717) is 17.3 Å². The van der Waals surface area contributed by atoms with Crippen molar-refractivity contribution >= 4 is 33.2 Å². The Morgan fingerprint density at radius 2 is 1.95 bits per heavy atom. The Hall–Kier alpha value is -1.52. The molecule has 0 fully saturated rings. The van der Waals surface area contributed by atoms with Crippen molar-refractivity contribution < 1.29 is 9.94 Å². The minimum absolute atomic E-state index is 0.401. The van der Waals surface area contributed by atoms with E-state index in [9.17, 15) is 0 Å². The highest BCUT2D eigenvalue weighted by Crippen LogP contribution is 2.23. The Morgan fingerprint density at radius 3 is 2.55 bits per heavy atom. The van der Waals surface area contributed by atoms with Crippen LogP contribution in [0.2, 0.25) is 5.02 Å². The zero-order chi connectivity index (χ0) is 14.5. The van der Waals surface area contributed by atoms with Crippen molar-refractivity contribution in [2.24, 2.45) is 5.16 Å². The second-order valence-electron chi connectivity index (χ2n) is 4.23. The summed E-state index contributed by atoms with van der Waals surface area (Å²) in [7, 11) is 0. The SMILES string of the molecule is C/C(=N/O)c1ccc(OCc2ccc(Br)cc2Cl)cc1. The van der Waals surface area contributed by atoms with Crippen molar-refractivity contribution in [2.75, 3.05) is 0 Å². The van der Waals surface area contributed by atoms with Crippen molar-refractivity contribution in [1.29, 1.82) is 0 Å². The van der Waals surface area contributed by atoms with E-state index in [4.69, 9.17) is 21.5 Å². The van der Waals surface area contributed by atoms with Gasteiger partial charge >= 0.3 is 0 Å². The summed E-state index contributed by atoms with van der Waals surface area (Å²) in [5.74, 6) is 0.735. The average molecular weight is 355 g/mol. The lowest BCUT2D eigenvalue weighted by atomic mass is 10.1. The minimum Gasteiger partial charge on any atom is -0.489 e. The van der Waals surface area contributed by atoms with E-state index in [1.807, 2.05) is 42.5 Å². The summed E-state index contributed by atoms with van der Waals surface area (Å²) < 4.78 is 6.62. The zero-order valence-corrected chi connectivity index (χ0v) is 13.1. The molecule has 0 radical (unpaired) electrons. The molecule has 0 aromatic heterocycles. The molecule has 0 unspecified atom stereocenters. The van der Waals surface area contributed by atoms with Gasteiger partial charge in [0, 0.05) is 15.1 Å². The van der Waals surface area contributed by atoms with Gasteiger partial charge in [-0.25, -0.2) is 0 Å². The fourth-order valence-electron chi connectivity index (χ4n) is 1.65. The number of hydrogen-bond acceptors (Lipinski definition) is 3. The monoisotopic (exact) mass is 353 g/mol. The number of oxime groups is 1. The van der Waals surface area contributed by atoms with Gasteiger partial charge in [0.25, 0.3) is 0 Å². The van der Waals surface area contributed by atoms with E-state index in [0.717, 1.165) is 21.3 Å². The lowest BCUT2D eigenvalue weighted by molar-refractivity contribution is 0.306. The van der Waals surface area contributed by atoms with Gasteiger partial charge < -0.3 is 9.94 Å². The second kappa shape index (κ2) is 6.77. The Morgan fingerprint density at radius 1 is 1.25 bits per heavy atom. The van der Waals surface area contributed by atoms with Crippen LogP contribution in [0.3, 0.4) is 0 Å². The molecule has 0 bridgehead atoms. The van der Waals surface area contributed by atoms with E-state index >= 15 is 0 Å². The lowest BCUT2D eigenvalue weighted by Gasteiger charge is -2.08. The van der Waals surface area contributed by atoms with Crippen LogP contribution in [0.25, 0.3) is 0 Å². The number of benzene rings is 2. The van der Waals surface area contributed by atoms with E-state index in [-0.39, 0.29) is 0 Å². The molecular weight excluding hydrogens is 342 g/mol. The predicted octanol–water partition coefficient (Wildman–Crippen LogP) is 4.88. The molecule has 3 nitrogen and oxygen atoms in total. The van der Waals surface area contributed by atoms with Crippen molar-refractivity contribution in [1.82, 2.24) is 0 Å².